The van der Waals surface area contributed by atoms with E-state index in [1.807, 2.05) is 48.1 Å². The van der Waals surface area contributed by atoms with Crippen molar-refractivity contribution in [2.45, 2.75) is 76.5 Å². The normalized spacial score (nSPS) is 32.8. The lowest BCUT2D eigenvalue weighted by molar-refractivity contribution is -0.181. The number of hydrogen-bond donors (Lipinski definition) is 4. The first-order valence-corrected chi connectivity index (χ1v) is 17.4. The zero-order valence-corrected chi connectivity index (χ0v) is 27.6. The number of nitrogens with one attached hydrogen (secondary N) is 1. The van der Waals surface area contributed by atoms with Crippen molar-refractivity contribution >= 4 is 22.8 Å². The van der Waals surface area contributed by atoms with E-state index in [2.05, 4.69) is 35.5 Å². The minimum atomic E-state index is -1.65. The Hall–Kier alpha value is -3.85. The maximum absolute atomic E-state index is 14.0. The molecule has 8 atom stereocenters. The average molecular weight is 650 g/mol. The molecule has 3 fully saturated rings. The van der Waals surface area contributed by atoms with Crippen molar-refractivity contribution in [2.24, 2.45) is 28.6 Å². The number of rotatable bonds is 6. The number of allylic oxidation sites excluding steroid dienone is 1. The van der Waals surface area contributed by atoms with Crippen LogP contribution in [0.2, 0.25) is 0 Å². The summed E-state index contributed by atoms with van der Waals surface area (Å²) < 4.78 is 15.5. The van der Waals surface area contributed by atoms with Crippen molar-refractivity contribution in [3.8, 4) is 5.69 Å². The SMILES string of the molecule is CC12Cc3cnn(-c4ccc(F)cc4)c3C=C1CCC1C2C(O)CC2(C)C1CC[C@]2(O)C(=O)N[C@@H](CO)Cc1ccc2ccccc2c1. The predicted molar refractivity (Wildman–Crippen MR) is 183 cm³/mol. The van der Waals surface area contributed by atoms with Crippen LogP contribution in [-0.2, 0) is 17.6 Å². The topological polar surface area (TPSA) is 108 Å². The van der Waals surface area contributed by atoms with E-state index in [1.54, 1.807) is 12.1 Å². The van der Waals surface area contributed by atoms with Crippen molar-refractivity contribution in [3.05, 3.63) is 101 Å². The van der Waals surface area contributed by atoms with Crippen LogP contribution in [0.4, 0.5) is 4.39 Å². The summed E-state index contributed by atoms with van der Waals surface area (Å²) in [5, 5.41) is 44.5. The van der Waals surface area contributed by atoms with Gasteiger partial charge in [0.25, 0.3) is 5.91 Å². The van der Waals surface area contributed by atoms with Crippen molar-refractivity contribution in [1.82, 2.24) is 15.1 Å². The lowest BCUT2D eigenvalue weighted by Crippen LogP contribution is -2.64. The first-order valence-electron chi connectivity index (χ1n) is 17.4. The zero-order valence-electron chi connectivity index (χ0n) is 27.6. The van der Waals surface area contributed by atoms with Gasteiger partial charge < -0.3 is 20.6 Å². The molecule has 8 heteroatoms. The Kier molecular flexibility index (Phi) is 7.44. The summed E-state index contributed by atoms with van der Waals surface area (Å²) in [7, 11) is 0. The molecule has 3 aromatic carbocycles. The number of nitrogens with zero attached hydrogens (tertiary/aromatic N) is 2. The van der Waals surface area contributed by atoms with Crippen LogP contribution in [-0.4, -0.2) is 55.4 Å². The van der Waals surface area contributed by atoms with Gasteiger partial charge in [-0.15, -0.1) is 0 Å². The van der Waals surface area contributed by atoms with Gasteiger partial charge in [0.15, 0.2) is 0 Å². The number of carbonyl (C=O) groups excluding carboxylic acids is 1. The third-order valence-electron chi connectivity index (χ3n) is 12.9. The Balaban J connectivity index is 1.03. The van der Waals surface area contributed by atoms with E-state index in [4.69, 9.17) is 0 Å². The number of aliphatic hydroxyl groups excluding tert-OH is 2. The highest BCUT2D eigenvalue weighted by Gasteiger charge is 2.68. The fourth-order valence-electron chi connectivity index (χ4n) is 10.5. The minimum absolute atomic E-state index is 0.0126. The van der Waals surface area contributed by atoms with E-state index in [0.717, 1.165) is 52.5 Å². The predicted octanol–water partition coefficient (Wildman–Crippen LogP) is 5.77. The quantitative estimate of drug-likeness (QED) is 0.212. The summed E-state index contributed by atoms with van der Waals surface area (Å²) in [5.74, 6) is -0.510. The molecule has 8 rings (SSSR count). The van der Waals surface area contributed by atoms with Crippen LogP contribution in [0.15, 0.2) is 78.5 Å². The van der Waals surface area contributed by atoms with Crippen LogP contribution in [0, 0.1) is 34.4 Å². The monoisotopic (exact) mass is 649 g/mol. The molecule has 0 radical (unpaired) electrons. The van der Waals surface area contributed by atoms with Crippen LogP contribution in [0.25, 0.3) is 22.5 Å². The van der Waals surface area contributed by atoms with Crippen LogP contribution >= 0.6 is 0 Å². The molecule has 1 aromatic heterocycles. The summed E-state index contributed by atoms with van der Waals surface area (Å²) >= 11 is 0. The molecule has 3 saturated carbocycles. The summed E-state index contributed by atoms with van der Waals surface area (Å²) in [6.07, 6.45) is 7.76. The van der Waals surface area contributed by atoms with Gasteiger partial charge in [-0.2, -0.15) is 5.10 Å². The van der Waals surface area contributed by atoms with Gasteiger partial charge in [-0.1, -0.05) is 61.9 Å². The Labute approximate surface area is 280 Å². The van der Waals surface area contributed by atoms with Gasteiger partial charge in [0.2, 0.25) is 0 Å². The molecular weight excluding hydrogens is 605 g/mol. The fraction of sp³-hybridized carbons (Fsp3) is 0.450. The van der Waals surface area contributed by atoms with Crippen molar-refractivity contribution in [1.29, 1.82) is 0 Å². The van der Waals surface area contributed by atoms with Gasteiger partial charge in [0, 0.05) is 5.41 Å². The average Bonchev–Trinajstić information content (AvgIpc) is 3.60. The smallest absolute Gasteiger partial charge is 0.252 e. The summed E-state index contributed by atoms with van der Waals surface area (Å²) in [6, 6.07) is 20.1. The maximum Gasteiger partial charge on any atom is 0.252 e. The van der Waals surface area contributed by atoms with Gasteiger partial charge in [-0.05, 0) is 120 Å². The lowest BCUT2D eigenvalue weighted by Gasteiger charge is -2.60. The number of amides is 1. The van der Waals surface area contributed by atoms with Gasteiger partial charge in [-0.3, -0.25) is 4.79 Å². The standard InChI is InChI=1S/C40H44FN3O4/c1-38-20-27-22-42-44(31-12-10-29(41)11-13-31)34(27)19-28(38)9-14-32-33-15-16-40(48,39(33,2)21-35(46)36(32)38)37(47)43-30(23-45)18-24-7-8-25-5-3-4-6-26(25)17-24/h3-8,10-13,17,19,22,30,32-33,35-36,45-46,48H,9,14-16,18,20-21,23H2,1-2H3,(H,43,47)/t30-,32?,33?,35?,36?,38?,39?,40+/m1/s1. The lowest BCUT2D eigenvalue weighted by atomic mass is 9.45. The molecule has 1 amide bonds. The molecule has 4 aromatic rings. The molecule has 6 unspecified atom stereocenters. The third-order valence-corrected chi connectivity index (χ3v) is 12.9. The Morgan fingerprint density at radius 2 is 1.85 bits per heavy atom. The second kappa shape index (κ2) is 11.4. The van der Waals surface area contributed by atoms with E-state index in [0.29, 0.717) is 25.7 Å². The Morgan fingerprint density at radius 3 is 2.62 bits per heavy atom. The molecule has 48 heavy (non-hydrogen) atoms. The van der Waals surface area contributed by atoms with E-state index in [9.17, 15) is 24.5 Å². The Morgan fingerprint density at radius 1 is 1.08 bits per heavy atom. The number of halogens is 1. The number of carbonyl (C=O) groups is 1. The first kappa shape index (κ1) is 31.4. The van der Waals surface area contributed by atoms with Gasteiger partial charge in [0.05, 0.1) is 36.3 Å². The second-order valence-electron chi connectivity index (χ2n) is 15.4. The van der Waals surface area contributed by atoms with Gasteiger partial charge in [0.1, 0.15) is 11.4 Å². The molecule has 4 N–H and O–H groups in total. The molecule has 0 bridgehead atoms. The van der Waals surface area contributed by atoms with Crippen LogP contribution in [0.5, 0.6) is 0 Å². The molecular formula is C40H44FN3O4. The van der Waals surface area contributed by atoms with Crippen molar-refractivity contribution in [2.75, 3.05) is 6.61 Å². The summed E-state index contributed by atoms with van der Waals surface area (Å²) in [4.78, 5) is 14.0. The molecule has 1 heterocycles. The number of aliphatic hydroxyl groups is 3. The highest BCUT2D eigenvalue weighted by molar-refractivity contribution is 5.87. The van der Waals surface area contributed by atoms with E-state index in [-0.39, 0.29) is 35.6 Å². The summed E-state index contributed by atoms with van der Waals surface area (Å²) in [5.41, 5.74) is 2.51. The number of benzene rings is 3. The van der Waals surface area contributed by atoms with Crippen LogP contribution in [0.3, 0.4) is 0 Å². The molecule has 0 spiro atoms. The molecule has 0 aliphatic heterocycles. The fourth-order valence-corrected chi connectivity index (χ4v) is 10.5. The van der Waals surface area contributed by atoms with Gasteiger partial charge >= 0.3 is 0 Å². The zero-order chi connectivity index (χ0) is 33.4. The van der Waals surface area contributed by atoms with Crippen LogP contribution in [0.1, 0.15) is 62.8 Å². The summed E-state index contributed by atoms with van der Waals surface area (Å²) in [6.45, 7) is 4.03. The highest BCUT2D eigenvalue weighted by Crippen LogP contribution is 2.67. The Bertz CT molecular complexity index is 1920. The van der Waals surface area contributed by atoms with E-state index >= 15 is 0 Å². The largest absolute Gasteiger partial charge is 0.394 e. The number of hydrogen-bond acceptors (Lipinski definition) is 5. The minimum Gasteiger partial charge on any atom is -0.394 e. The highest BCUT2D eigenvalue weighted by atomic mass is 19.1. The van der Waals surface area contributed by atoms with E-state index in [1.165, 1.54) is 17.7 Å². The second-order valence-corrected chi connectivity index (χ2v) is 15.4. The van der Waals surface area contributed by atoms with E-state index < -0.39 is 29.1 Å². The molecule has 4 aliphatic rings. The van der Waals surface area contributed by atoms with Crippen LogP contribution < -0.4 is 5.32 Å². The first-order chi connectivity index (χ1) is 23.0. The molecule has 4 aliphatic carbocycles. The molecule has 7 nitrogen and oxygen atoms in total. The van der Waals surface area contributed by atoms with Crippen molar-refractivity contribution < 1.29 is 24.5 Å². The molecule has 250 valence electrons. The van der Waals surface area contributed by atoms with Gasteiger partial charge in [-0.25, -0.2) is 9.07 Å². The molecule has 0 saturated heterocycles. The third kappa shape index (κ3) is 4.71. The number of aromatic nitrogens is 2. The number of fused-ring (bicyclic) bond motifs is 7. The van der Waals surface area contributed by atoms with Crippen molar-refractivity contribution in [3.63, 3.8) is 0 Å². The maximum atomic E-state index is 14.0.